The second kappa shape index (κ2) is 10.8. The number of aliphatic hydroxyl groups excluding tert-OH is 1. The normalized spacial score (nSPS) is 18.1. The van der Waals surface area contributed by atoms with E-state index in [1.54, 1.807) is 31.2 Å². The molecule has 0 fully saturated rings. The van der Waals surface area contributed by atoms with Crippen molar-refractivity contribution in [1.82, 2.24) is 10.4 Å². The van der Waals surface area contributed by atoms with Crippen molar-refractivity contribution in [2.45, 2.75) is 38.3 Å². The van der Waals surface area contributed by atoms with E-state index in [2.05, 4.69) is 10.5 Å². The molecule has 2 unspecified atom stereocenters. The van der Waals surface area contributed by atoms with Crippen LogP contribution in [-0.2, 0) is 28.1 Å². The summed E-state index contributed by atoms with van der Waals surface area (Å²) in [5, 5.41) is 18.4. The Kier molecular flexibility index (Phi) is 7.78. The third-order valence-electron chi connectivity index (χ3n) is 6.70. The summed E-state index contributed by atoms with van der Waals surface area (Å²) in [6.45, 7) is 2.52. The van der Waals surface area contributed by atoms with Gasteiger partial charge in [-0.05, 0) is 49.7 Å². The third kappa shape index (κ3) is 5.80. The number of benzene rings is 3. The molecule has 0 aliphatic carbocycles. The van der Waals surface area contributed by atoms with E-state index in [9.17, 15) is 32.6 Å². The highest BCUT2D eigenvalue weighted by Crippen LogP contribution is 2.41. The number of amidine groups is 1. The predicted molar refractivity (Wildman–Crippen MR) is 136 cm³/mol. The lowest BCUT2D eigenvalue weighted by atomic mass is 9.92. The zero-order valence-corrected chi connectivity index (χ0v) is 21.4. The van der Waals surface area contributed by atoms with Gasteiger partial charge in [-0.2, -0.15) is 13.2 Å². The van der Waals surface area contributed by atoms with Crippen LogP contribution in [0.1, 0.15) is 34.7 Å². The van der Waals surface area contributed by atoms with Crippen molar-refractivity contribution in [2.75, 3.05) is 13.7 Å². The van der Waals surface area contributed by atoms with Gasteiger partial charge in [0, 0.05) is 23.2 Å². The maximum atomic E-state index is 14.9. The number of aliphatic hydroxyl groups is 1. The molecule has 0 radical (unpaired) electrons. The molecule has 39 heavy (non-hydrogen) atoms. The Morgan fingerprint density at radius 2 is 1.85 bits per heavy atom. The van der Waals surface area contributed by atoms with Gasteiger partial charge in [0.25, 0.3) is 0 Å². The fraction of sp³-hybridized carbons (Fsp3) is 0.286. The first kappa shape index (κ1) is 28.2. The van der Waals surface area contributed by atoms with Gasteiger partial charge in [-0.1, -0.05) is 48.5 Å². The molecule has 4 rings (SSSR count). The minimum atomic E-state index is -4.63. The molecule has 3 aromatic rings. The van der Waals surface area contributed by atoms with Crippen LogP contribution in [0.25, 0.3) is 11.1 Å². The van der Waals surface area contributed by atoms with Crippen molar-refractivity contribution >= 4 is 11.8 Å². The Bertz CT molecular complexity index is 1430. The lowest BCUT2D eigenvalue weighted by molar-refractivity contribution is -0.144. The Morgan fingerprint density at radius 1 is 1.13 bits per heavy atom. The number of hydrogen-bond acceptors (Lipinski definition) is 6. The van der Waals surface area contributed by atoms with Gasteiger partial charge in [-0.15, -0.1) is 0 Å². The highest BCUT2D eigenvalue weighted by atomic mass is 19.4. The average Bonchev–Trinajstić information content (AvgIpc) is 3.28. The SMILES string of the molecule is Cc1ccccc1-c1ccc(C2(C)N=C(c3ccc(CN(C)C(CO)C(=O)O)c(F)c3)NO2)cc1C(F)(F)F. The van der Waals surface area contributed by atoms with Gasteiger partial charge >= 0.3 is 12.1 Å². The first-order valence-electron chi connectivity index (χ1n) is 12.0. The lowest BCUT2D eigenvalue weighted by Crippen LogP contribution is -2.40. The Balaban J connectivity index is 1.64. The van der Waals surface area contributed by atoms with Gasteiger partial charge in [0.05, 0.1) is 12.2 Å². The van der Waals surface area contributed by atoms with Crippen molar-refractivity contribution < 1.29 is 37.4 Å². The van der Waals surface area contributed by atoms with Gasteiger partial charge in [-0.25, -0.2) is 19.7 Å². The first-order valence-corrected chi connectivity index (χ1v) is 12.0. The summed E-state index contributed by atoms with van der Waals surface area (Å²) in [6.07, 6.45) is -4.63. The number of nitrogens with one attached hydrogen (secondary N) is 1. The van der Waals surface area contributed by atoms with E-state index in [-0.39, 0.29) is 34.6 Å². The van der Waals surface area contributed by atoms with E-state index < -0.39 is 41.9 Å². The van der Waals surface area contributed by atoms with Gasteiger partial charge in [0.1, 0.15) is 11.9 Å². The smallest absolute Gasteiger partial charge is 0.417 e. The number of aliphatic carboxylic acids is 1. The number of aryl methyl sites for hydroxylation is 1. The number of rotatable bonds is 8. The number of carboxylic acids is 1. The van der Waals surface area contributed by atoms with Gasteiger partial charge in [0.15, 0.2) is 5.84 Å². The summed E-state index contributed by atoms with van der Waals surface area (Å²) in [5.74, 6) is -1.77. The number of hydrogen-bond donors (Lipinski definition) is 3. The van der Waals surface area contributed by atoms with Crippen LogP contribution in [0.3, 0.4) is 0 Å². The van der Waals surface area contributed by atoms with E-state index in [0.717, 1.165) is 6.07 Å². The highest BCUT2D eigenvalue weighted by molar-refractivity contribution is 5.99. The van der Waals surface area contributed by atoms with Gasteiger partial charge in [-0.3, -0.25) is 9.69 Å². The maximum Gasteiger partial charge on any atom is 0.417 e. The molecule has 1 aliphatic heterocycles. The number of carboxylic acid groups (broad SMARTS) is 1. The first-order chi connectivity index (χ1) is 18.3. The molecule has 1 heterocycles. The molecule has 3 aromatic carbocycles. The summed E-state index contributed by atoms with van der Waals surface area (Å²) < 4.78 is 57.2. The van der Waals surface area contributed by atoms with E-state index >= 15 is 0 Å². The number of hydroxylamine groups is 1. The fourth-order valence-electron chi connectivity index (χ4n) is 4.44. The van der Waals surface area contributed by atoms with Crippen LogP contribution in [-0.4, -0.2) is 46.6 Å². The van der Waals surface area contributed by atoms with Crippen molar-refractivity contribution in [3.63, 3.8) is 0 Å². The molecule has 0 aromatic heterocycles. The molecule has 2 atom stereocenters. The molecule has 7 nitrogen and oxygen atoms in total. The molecule has 206 valence electrons. The second-order valence-electron chi connectivity index (χ2n) is 9.48. The summed E-state index contributed by atoms with van der Waals surface area (Å²) in [5.41, 5.74) is 2.06. The predicted octanol–water partition coefficient (Wildman–Crippen LogP) is 4.85. The molecule has 11 heteroatoms. The van der Waals surface area contributed by atoms with Crippen LogP contribution in [0.15, 0.2) is 65.7 Å². The average molecular weight is 546 g/mol. The molecule has 3 N–H and O–H groups in total. The van der Waals surface area contributed by atoms with Crippen LogP contribution in [0.2, 0.25) is 0 Å². The van der Waals surface area contributed by atoms with E-state index in [1.807, 2.05) is 0 Å². The quantitative estimate of drug-likeness (QED) is 0.351. The van der Waals surface area contributed by atoms with E-state index in [4.69, 9.17) is 4.84 Å². The monoisotopic (exact) mass is 545 g/mol. The van der Waals surface area contributed by atoms with E-state index in [0.29, 0.717) is 11.1 Å². The molecular formula is C28H27F4N3O4. The molecular weight excluding hydrogens is 518 g/mol. The van der Waals surface area contributed by atoms with Crippen molar-refractivity contribution in [3.8, 4) is 11.1 Å². The number of halogens is 4. The Labute approximate surface area is 222 Å². The van der Waals surface area contributed by atoms with Crippen LogP contribution in [0, 0.1) is 12.7 Å². The van der Waals surface area contributed by atoms with Gasteiger partial charge in [0.2, 0.25) is 5.72 Å². The van der Waals surface area contributed by atoms with Crippen molar-refractivity contribution in [2.24, 2.45) is 4.99 Å². The highest BCUT2D eigenvalue weighted by Gasteiger charge is 2.39. The second-order valence-corrected chi connectivity index (χ2v) is 9.48. The van der Waals surface area contributed by atoms with Crippen LogP contribution < -0.4 is 5.48 Å². The molecule has 0 saturated heterocycles. The van der Waals surface area contributed by atoms with Crippen molar-refractivity contribution in [1.29, 1.82) is 0 Å². The molecule has 0 amide bonds. The topological polar surface area (TPSA) is 94.4 Å². The molecule has 0 spiro atoms. The van der Waals surface area contributed by atoms with Crippen LogP contribution in [0.4, 0.5) is 17.6 Å². The zero-order valence-electron chi connectivity index (χ0n) is 21.4. The number of carbonyl (C=O) groups is 1. The van der Waals surface area contributed by atoms with Gasteiger partial charge < -0.3 is 10.2 Å². The van der Waals surface area contributed by atoms with Crippen LogP contribution in [0.5, 0.6) is 0 Å². The Hall–Kier alpha value is -3.80. The molecule has 0 saturated carbocycles. The zero-order chi connectivity index (χ0) is 28.5. The Morgan fingerprint density at radius 3 is 2.46 bits per heavy atom. The summed E-state index contributed by atoms with van der Waals surface area (Å²) in [6, 6.07) is 13.7. The largest absolute Gasteiger partial charge is 0.480 e. The number of nitrogens with zero attached hydrogens (tertiary/aromatic N) is 2. The maximum absolute atomic E-state index is 14.9. The third-order valence-corrected chi connectivity index (χ3v) is 6.70. The minimum Gasteiger partial charge on any atom is -0.480 e. The molecule has 1 aliphatic rings. The number of likely N-dealkylation sites (N-methyl/N-ethyl adjacent to an activating group) is 1. The van der Waals surface area contributed by atoms with Crippen LogP contribution >= 0.6 is 0 Å². The fourth-order valence-corrected chi connectivity index (χ4v) is 4.44. The summed E-state index contributed by atoms with van der Waals surface area (Å²) >= 11 is 0. The summed E-state index contributed by atoms with van der Waals surface area (Å²) in [4.78, 5) is 22.6. The molecule has 0 bridgehead atoms. The number of aliphatic imine (C=N–C) groups is 1. The minimum absolute atomic E-state index is 0.0390. The van der Waals surface area contributed by atoms with E-state index in [1.165, 1.54) is 49.2 Å². The standard InChI is InChI=1S/C28H27F4N3O4/c1-16-6-4-5-7-20(16)21-11-10-19(13-22(21)28(30,31)32)27(2)33-25(34-39-27)17-8-9-18(23(29)12-17)14-35(3)24(15-36)26(37)38/h4-13,24,36H,14-15H2,1-3H3,(H,33,34)(H,37,38). The summed E-state index contributed by atoms with van der Waals surface area (Å²) in [7, 11) is 1.45. The number of alkyl halides is 3. The lowest BCUT2D eigenvalue weighted by Gasteiger charge is -2.23. The van der Waals surface area contributed by atoms with Crippen molar-refractivity contribution in [3.05, 3.63) is 94.3 Å².